The maximum Gasteiger partial charge on any atom is 0.225 e. The minimum absolute atomic E-state index is 0.0396. The molecule has 5 nitrogen and oxygen atoms in total. The first-order valence-electron chi connectivity index (χ1n) is 9.64. The molecule has 0 radical (unpaired) electrons. The molecular formula is C21H23ClN4OS. The average Bonchev–Trinajstić information content (AvgIpc) is 3.15. The van der Waals surface area contributed by atoms with Crippen LogP contribution in [0.15, 0.2) is 36.7 Å². The van der Waals surface area contributed by atoms with Gasteiger partial charge in [0.25, 0.3) is 0 Å². The maximum atomic E-state index is 12.7. The third-order valence-corrected chi connectivity index (χ3v) is 6.58. The molecule has 0 saturated carbocycles. The predicted molar refractivity (Wildman–Crippen MR) is 115 cm³/mol. The number of nitrogens with one attached hydrogen (secondary N) is 1. The highest BCUT2D eigenvalue weighted by Crippen LogP contribution is 2.32. The van der Waals surface area contributed by atoms with Crippen molar-refractivity contribution >= 4 is 44.9 Å². The number of carbonyl (C=O) groups is 1. The second-order valence-electron chi connectivity index (χ2n) is 7.12. The number of nitrogens with zero attached hydrogens (tertiary/aromatic N) is 3. The van der Waals surface area contributed by atoms with Crippen molar-refractivity contribution in [1.82, 2.24) is 15.3 Å². The number of aromatic nitrogens is 2. The van der Waals surface area contributed by atoms with Crippen LogP contribution < -0.4 is 10.2 Å². The number of thiophene rings is 1. The number of hydrogen-bond donors (Lipinski definition) is 1. The lowest BCUT2D eigenvalue weighted by atomic mass is 9.97. The molecule has 1 aliphatic heterocycles. The molecule has 1 saturated heterocycles. The van der Waals surface area contributed by atoms with Crippen molar-refractivity contribution in [3.63, 3.8) is 0 Å². The molecule has 7 heteroatoms. The fraction of sp³-hybridized carbons (Fsp3) is 0.381. The number of rotatable bonds is 5. The van der Waals surface area contributed by atoms with Gasteiger partial charge in [0, 0.05) is 29.5 Å². The summed E-state index contributed by atoms with van der Waals surface area (Å²) in [5, 5.41) is 4.85. The molecule has 146 valence electrons. The van der Waals surface area contributed by atoms with E-state index >= 15 is 0 Å². The van der Waals surface area contributed by atoms with Gasteiger partial charge < -0.3 is 10.2 Å². The molecule has 1 aliphatic rings. The van der Waals surface area contributed by atoms with Crippen molar-refractivity contribution < 1.29 is 4.79 Å². The highest BCUT2D eigenvalue weighted by molar-refractivity contribution is 7.18. The summed E-state index contributed by atoms with van der Waals surface area (Å²) in [7, 11) is 0. The number of amides is 1. The summed E-state index contributed by atoms with van der Waals surface area (Å²) in [6.45, 7) is 4.25. The number of hydrogen-bond acceptors (Lipinski definition) is 5. The van der Waals surface area contributed by atoms with E-state index in [1.165, 1.54) is 4.88 Å². The Bertz CT molecular complexity index is 989. The van der Waals surface area contributed by atoms with Gasteiger partial charge in [0.15, 0.2) is 0 Å². The van der Waals surface area contributed by atoms with E-state index in [-0.39, 0.29) is 11.8 Å². The summed E-state index contributed by atoms with van der Waals surface area (Å²) in [6.07, 6.45) is 4.51. The summed E-state index contributed by atoms with van der Waals surface area (Å²) in [4.78, 5) is 26.3. The van der Waals surface area contributed by atoms with Crippen molar-refractivity contribution in [2.24, 2.45) is 5.92 Å². The van der Waals surface area contributed by atoms with Crippen molar-refractivity contribution in [1.29, 1.82) is 0 Å². The van der Waals surface area contributed by atoms with Gasteiger partial charge in [0.2, 0.25) is 5.91 Å². The Balaban J connectivity index is 1.45. The first kappa shape index (κ1) is 19.2. The summed E-state index contributed by atoms with van der Waals surface area (Å²) in [5.74, 6) is 1.00. The van der Waals surface area contributed by atoms with Gasteiger partial charge in [0.1, 0.15) is 17.0 Å². The van der Waals surface area contributed by atoms with Gasteiger partial charge >= 0.3 is 0 Å². The van der Waals surface area contributed by atoms with Crippen LogP contribution >= 0.6 is 22.9 Å². The van der Waals surface area contributed by atoms with Gasteiger partial charge in [-0.1, -0.05) is 30.7 Å². The summed E-state index contributed by atoms with van der Waals surface area (Å²) >= 11 is 7.75. The van der Waals surface area contributed by atoms with Crippen LogP contribution in [0.25, 0.3) is 10.2 Å². The molecule has 2 aromatic heterocycles. The first-order valence-corrected chi connectivity index (χ1v) is 10.8. The molecule has 1 fully saturated rings. The smallest absolute Gasteiger partial charge is 0.225 e. The first-order chi connectivity index (χ1) is 13.6. The van der Waals surface area contributed by atoms with Crippen LogP contribution in [0.5, 0.6) is 0 Å². The molecule has 0 aliphatic carbocycles. The Hall–Kier alpha value is -2.18. The Morgan fingerprint density at radius 1 is 1.36 bits per heavy atom. The zero-order valence-electron chi connectivity index (χ0n) is 15.8. The van der Waals surface area contributed by atoms with Crippen molar-refractivity contribution in [2.45, 2.75) is 32.7 Å². The highest BCUT2D eigenvalue weighted by atomic mass is 35.5. The summed E-state index contributed by atoms with van der Waals surface area (Å²) in [5.41, 5.74) is 1.01. The number of halogens is 1. The number of benzene rings is 1. The molecule has 3 heterocycles. The topological polar surface area (TPSA) is 58.1 Å². The van der Waals surface area contributed by atoms with Gasteiger partial charge in [-0.2, -0.15) is 0 Å². The number of aryl methyl sites for hydroxylation is 1. The lowest BCUT2D eigenvalue weighted by Gasteiger charge is -2.33. The molecule has 1 N–H and O–H groups in total. The molecule has 4 rings (SSSR count). The van der Waals surface area contributed by atoms with Crippen LogP contribution in [0, 0.1) is 5.92 Å². The van der Waals surface area contributed by atoms with Crippen LogP contribution in [-0.2, 0) is 17.8 Å². The van der Waals surface area contributed by atoms with Gasteiger partial charge in [-0.3, -0.25) is 4.79 Å². The van der Waals surface area contributed by atoms with Gasteiger partial charge in [-0.05, 0) is 43.0 Å². The molecule has 1 aromatic carbocycles. The molecular weight excluding hydrogens is 392 g/mol. The Labute approximate surface area is 173 Å². The number of fused-ring (bicyclic) bond motifs is 1. The Morgan fingerprint density at radius 3 is 3.07 bits per heavy atom. The standard InChI is InChI=1S/C21H23ClN4OS/c1-2-17-10-18-19(24-13-25-21(18)28-17)26-8-4-6-15(12-26)20(27)23-11-14-5-3-7-16(22)9-14/h3,5,7,9-10,13,15H,2,4,6,8,11-12H2,1H3,(H,23,27). The monoisotopic (exact) mass is 414 g/mol. The van der Waals surface area contributed by atoms with Crippen molar-refractivity contribution in [3.8, 4) is 0 Å². The van der Waals surface area contributed by atoms with Gasteiger partial charge in [0.05, 0.1) is 11.3 Å². The number of piperidine rings is 1. The third kappa shape index (κ3) is 4.13. The SMILES string of the molecule is CCc1cc2c(N3CCCC(C(=O)NCc4cccc(Cl)c4)C3)ncnc2s1. The van der Waals surface area contributed by atoms with Gasteiger partial charge in [-0.15, -0.1) is 11.3 Å². The summed E-state index contributed by atoms with van der Waals surface area (Å²) in [6, 6.07) is 9.78. The van der Waals surface area contributed by atoms with Gasteiger partial charge in [-0.25, -0.2) is 9.97 Å². The molecule has 0 spiro atoms. The minimum Gasteiger partial charge on any atom is -0.355 e. The molecule has 1 unspecified atom stereocenters. The van der Waals surface area contributed by atoms with Crippen LogP contribution in [-0.4, -0.2) is 29.0 Å². The maximum absolute atomic E-state index is 12.7. The quantitative estimate of drug-likeness (QED) is 0.670. The second kappa shape index (κ2) is 8.45. The van der Waals surface area contributed by atoms with Crippen molar-refractivity contribution in [3.05, 3.63) is 52.1 Å². The predicted octanol–water partition coefficient (Wildman–Crippen LogP) is 4.44. The zero-order valence-corrected chi connectivity index (χ0v) is 17.4. The summed E-state index contributed by atoms with van der Waals surface area (Å²) < 4.78 is 0. The average molecular weight is 415 g/mol. The Kier molecular flexibility index (Phi) is 5.78. The highest BCUT2D eigenvalue weighted by Gasteiger charge is 2.27. The molecule has 0 bridgehead atoms. The Morgan fingerprint density at radius 2 is 2.25 bits per heavy atom. The van der Waals surface area contributed by atoms with E-state index in [9.17, 15) is 4.79 Å². The lowest BCUT2D eigenvalue weighted by Crippen LogP contribution is -2.43. The van der Waals surface area contributed by atoms with Crippen LogP contribution in [0.3, 0.4) is 0 Å². The third-order valence-electron chi connectivity index (χ3n) is 5.16. The van der Waals surface area contributed by atoms with E-state index < -0.39 is 0 Å². The zero-order chi connectivity index (χ0) is 19.5. The van der Waals surface area contributed by atoms with E-state index in [1.807, 2.05) is 24.3 Å². The van der Waals surface area contributed by atoms with Crippen LogP contribution in [0.2, 0.25) is 5.02 Å². The lowest BCUT2D eigenvalue weighted by molar-refractivity contribution is -0.125. The fourth-order valence-electron chi connectivity index (χ4n) is 3.68. The van der Waals surface area contributed by atoms with E-state index in [4.69, 9.17) is 11.6 Å². The van der Waals surface area contributed by atoms with E-state index in [1.54, 1.807) is 17.7 Å². The molecule has 3 aromatic rings. The largest absolute Gasteiger partial charge is 0.355 e. The normalized spacial score (nSPS) is 17.1. The fourth-order valence-corrected chi connectivity index (χ4v) is 4.83. The minimum atomic E-state index is -0.0396. The number of carbonyl (C=O) groups excluding carboxylic acids is 1. The van der Waals surface area contributed by atoms with E-state index in [0.29, 0.717) is 18.1 Å². The van der Waals surface area contributed by atoms with Crippen molar-refractivity contribution in [2.75, 3.05) is 18.0 Å². The van der Waals surface area contributed by atoms with E-state index in [0.717, 1.165) is 47.4 Å². The molecule has 1 atom stereocenters. The molecule has 28 heavy (non-hydrogen) atoms. The molecule has 1 amide bonds. The van der Waals surface area contributed by atoms with E-state index in [2.05, 4.69) is 33.2 Å². The second-order valence-corrected chi connectivity index (χ2v) is 8.67. The van der Waals surface area contributed by atoms with Crippen LogP contribution in [0.1, 0.15) is 30.2 Å². The number of anilines is 1. The van der Waals surface area contributed by atoms with Crippen LogP contribution in [0.4, 0.5) is 5.82 Å².